The molecule has 0 aromatic rings. The molecule has 0 unspecified atom stereocenters. The average Bonchev–Trinajstić information content (AvgIpc) is 2.22. The molecule has 0 spiro atoms. The van der Waals surface area contributed by atoms with Crippen molar-refractivity contribution < 1.29 is 0 Å². The topological polar surface area (TPSA) is 18.5 Å². The smallest absolute Gasteiger partial charge is 0.0330 e. The summed E-state index contributed by atoms with van der Waals surface area (Å²) in [5.74, 6) is 0. The lowest BCUT2D eigenvalue weighted by Gasteiger charge is -2.49. The van der Waals surface area contributed by atoms with E-state index in [4.69, 9.17) is 0 Å². The van der Waals surface area contributed by atoms with Crippen LogP contribution in [0.1, 0.15) is 39.0 Å². The van der Waals surface area contributed by atoms with Crippen molar-refractivity contribution >= 4 is 0 Å². The highest BCUT2D eigenvalue weighted by Crippen LogP contribution is 2.36. The third kappa shape index (κ3) is 4.57. The monoisotopic (exact) mass is 241 g/mol. The summed E-state index contributed by atoms with van der Waals surface area (Å²) in [4.78, 5) is 4.94. The van der Waals surface area contributed by atoms with Gasteiger partial charge in [-0.1, -0.05) is 6.92 Å². The number of nitrogens with zero attached hydrogens (tertiary/aromatic N) is 2. The van der Waals surface area contributed by atoms with E-state index in [0.717, 1.165) is 13.1 Å². The Balaban J connectivity index is 2.13. The molecule has 0 bridgehead atoms. The van der Waals surface area contributed by atoms with Gasteiger partial charge in [-0.05, 0) is 72.9 Å². The van der Waals surface area contributed by atoms with E-state index in [2.05, 4.69) is 43.2 Å². The Morgan fingerprint density at radius 3 is 2.29 bits per heavy atom. The minimum absolute atomic E-state index is 0.478. The van der Waals surface area contributed by atoms with Gasteiger partial charge in [-0.3, -0.25) is 0 Å². The van der Waals surface area contributed by atoms with Crippen LogP contribution in [0.3, 0.4) is 0 Å². The molecule has 0 radical (unpaired) electrons. The van der Waals surface area contributed by atoms with Crippen LogP contribution in [0.2, 0.25) is 0 Å². The second-order valence-electron chi connectivity index (χ2n) is 5.81. The highest BCUT2D eigenvalue weighted by molar-refractivity contribution is 4.97. The normalized spacial score (nSPS) is 18.7. The first-order valence-corrected chi connectivity index (χ1v) is 7.17. The predicted molar refractivity (Wildman–Crippen MR) is 75.5 cm³/mol. The lowest BCUT2D eigenvalue weighted by atomic mass is 9.75. The summed E-state index contributed by atoms with van der Waals surface area (Å²) in [5.41, 5.74) is 0.478. The van der Waals surface area contributed by atoms with Gasteiger partial charge < -0.3 is 15.1 Å². The van der Waals surface area contributed by atoms with Crippen LogP contribution in [0.5, 0.6) is 0 Å². The van der Waals surface area contributed by atoms with Crippen molar-refractivity contribution in [1.82, 2.24) is 15.1 Å². The van der Waals surface area contributed by atoms with Crippen molar-refractivity contribution in [2.75, 3.05) is 47.3 Å². The van der Waals surface area contributed by atoms with Crippen molar-refractivity contribution in [2.24, 2.45) is 0 Å². The zero-order chi connectivity index (χ0) is 12.7. The maximum absolute atomic E-state index is 3.47. The van der Waals surface area contributed by atoms with Gasteiger partial charge in [0, 0.05) is 12.1 Å². The fourth-order valence-electron chi connectivity index (χ4n) is 2.69. The first kappa shape index (κ1) is 14.9. The first-order chi connectivity index (χ1) is 8.10. The first-order valence-electron chi connectivity index (χ1n) is 7.17. The minimum atomic E-state index is 0.478. The molecule has 3 heteroatoms. The lowest BCUT2D eigenvalue weighted by molar-refractivity contribution is 0.0277. The van der Waals surface area contributed by atoms with Gasteiger partial charge in [0.1, 0.15) is 0 Å². The molecule has 1 aliphatic rings. The van der Waals surface area contributed by atoms with E-state index in [0.29, 0.717) is 5.54 Å². The molecule has 0 aliphatic heterocycles. The average molecular weight is 241 g/mol. The van der Waals surface area contributed by atoms with Crippen molar-refractivity contribution in [3.05, 3.63) is 0 Å². The van der Waals surface area contributed by atoms with Gasteiger partial charge in [-0.15, -0.1) is 0 Å². The van der Waals surface area contributed by atoms with Crippen LogP contribution >= 0.6 is 0 Å². The summed E-state index contributed by atoms with van der Waals surface area (Å²) in [6.45, 7) is 6.98. The molecular formula is C14H31N3. The summed E-state index contributed by atoms with van der Waals surface area (Å²) in [5, 5.41) is 3.47. The van der Waals surface area contributed by atoms with E-state index < -0.39 is 0 Å². The molecule has 1 rings (SSSR count). The maximum Gasteiger partial charge on any atom is 0.0330 e. The number of likely N-dealkylation sites (N-methyl/N-ethyl adjacent to an activating group) is 2. The van der Waals surface area contributed by atoms with E-state index in [1.54, 1.807) is 0 Å². The lowest BCUT2D eigenvalue weighted by Crippen LogP contribution is -2.56. The summed E-state index contributed by atoms with van der Waals surface area (Å²) in [6.07, 6.45) is 6.65. The second kappa shape index (κ2) is 7.34. The molecule has 1 fully saturated rings. The third-order valence-corrected chi connectivity index (χ3v) is 4.12. The van der Waals surface area contributed by atoms with Gasteiger partial charge in [-0.25, -0.2) is 0 Å². The van der Waals surface area contributed by atoms with Crippen LogP contribution < -0.4 is 5.32 Å². The largest absolute Gasteiger partial charge is 0.317 e. The van der Waals surface area contributed by atoms with Crippen LogP contribution in [0.4, 0.5) is 0 Å². The van der Waals surface area contributed by atoms with Gasteiger partial charge >= 0.3 is 0 Å². The van der Waals surface area contributed by atoms with E-state index in [-0.39, 0.29) is 0 Å². The van der Waals surface area contributed by atoms with E-state index in [9.17, 15) is 0 Å². The zero-order valence-corrected chi connectivity index (χ0v) is 12.3. The Bertz CT molecular complexity index is 200. The Morgan fingerprint density at radius 2 is 1.82 bits per heavy atom. The molecule has 17 heavy (non-hydrogen) atoms. The van der Waals surface area contributed by atoms with Crippen molar-refractivity contribution in [2.45, 2.75) is 44.6 Å². The molecule has 0 heterocycles. The second-order valence-corrected chi connectivity index (χ2v) is 5.81. The van der Waals surface area contributed by atoms with Gasteiger partial charge in [0.05, 0.1) is 0 Å². The quantitative estimate of drug-likeness (QED) is 0.621. The van der Waals surface area contributed by atoms with E-state index in [1.165, 1.54) is 45.2 Å². The minimum Gasteiger partial charge on any atom is -0.317 e. The molecule has 3 nitrogen and oxygen atoms in total. The van der Waals surface area contributed by atoms with E-state index in [1.807, 2.05) is 0 Å². The molecular weight excluding hydrogens is 210 g/mol. The van der Waals surface area contributed by atoms with Crippen LogP contribution in [0.15, 0.2) is 0 Å². The fourth-order valence-corrected chi connectivity index (χ4v) is 2.69. The van der Waals surface area contributed by atoms with Gasteiger partial charge in [0.2, 0.25) is 0 Å². The van der Waals surface area contributed by atoms with Gasteiger partial charge in [0.15, 0.2) is 0 Å². The Labute approximate surface area is 108 Å². The number of rotatable bonds is 9. The Hall–Kier alpha value is -0.120. The SMILES string of the molecule is CCCNCCCN(C)CC1(N(C)C)CCC1. The molecule has 1 aliphatic carbocycles. The molecule has 0 aromatic heterocycles. The molecule has 0 amide bonds. The summed E-state index contributed by atoms with van der Waals surface area (Å²) >= 11 is 0. The predicted octanol–water partition coefficient (Wildman–Crippen LogP) is 1.79. The number of hydrogen-bond acceptors (Lipinski definition) is 3. The molecule has 102 valence electrons. The Morgan fingerprint density at radius 1 is 1.12 bits per heavy atom. The summed E-state index contributed by atoms with van der Waals surface area (Å²) in [6, 6.07) is 0. The standard InChI is InChI=1S/C14H31N3/c1-5-10-15-11-7-12-17(4)13-14(16(2)3)8-6-9-14/h15H,5-13H2,1-4H3. The Kier molecular flexibility index (Phi) is 6.45. The molecule has 0 atom stereocenters. The van der Waals surface area contributed by atoms with Crippen LogP contribution in [-0.2, 0) is 0 Å². The van der Waals surface area contributed by atoms with Crippen LogP contribution in [-0.4, -0.2) is 62.7 Å². The molecule has 1 N–H and O–H groups in total. The fraction of sp³-hybridized carbons (Fsp3) is 1.00. The van der Waals surface area contributed by atoms with Crippen molar-refractivity contribution in [3.63, 3.8) is 0 Å². The van der Waals surface area contributed by atoms with Gasteiger partial charge in [0.25, 0.3) is 0 Å². The molecule has 1 saturated carbocycles. The van der Waals surface area contributed by atoms with Crippen LogP contribution in [0.25, 0.3) is 0 Å². The zero-order valence-electron chi connectivity index (χ0n) is 12.3. The van der Waals surface area contributed by atoms with E-state index >= 15 is 0 Å². The molecule has 0 aromatic carbocycles. The highest BCUT2D eigenvalue weighted by Gasteiger charge is 2.39. The molecule has 0 saturated heterocycles. The van der Waals surface area contributed by atoms with Gasteiger partial charge in [-0.2, -0.15) is 0 Å². The van der Waals surface area contributed by atoms with Crippen molar-refractivity contribution in [3.8, 4) is 0 Å². The number of hydrogen-bond donors (Lipinski definition) is 1. The third-order valence-electron chi connectivity index (χ3n) is 4.12. The number of nitrogens with one attached hydrogen (secondary N) is 1. The highest BCUT2D eigenvalue weighted by atomic mass is 15.2. The van der Waals surface area contributed by atoms with Crippen LogP contribution in [0, 0.1) is 0 Å². The summed E-state index contributed by atoms with van der Waals surface area (Å²) < 4.78 is 0. The summed E-state index contributed by atoms with van der Waals surface area (Å²) in [7, 11) is 6.73. The maximum atomic E-state index is 3.47. The van der Waals surface area contributed by atoms with Crippen molar-refractivity contribution in [1.29, 1.82) is 0 Å².